The molecule has 8 nitrogen and oxygen atoms in total. The van der Waals surface area contributed by atoms with Crippen molar-refractivity contribution in [3.8, 4) is 0 Å². The Bertz CT molecular complexity index is 818. The van der Waals surface area contributed by atoms with Crippen LogP contribution in [0.3, 0.4) is 0 Å². The lowest BCUT2D eigenvalue weighted by Crippen LogP contribution is -2.48. The first-order chi connectivity index (χ1) is 12.8. The van der Waals surface area contributed by atoms with E-state index in [0.29, 0.717) is 39.3 Å². The number of hydrogen-bond donors (Lipinski definition) is 0. The van der Waals surface area contributed by atoms with E-state index in [2.05, 4.69) is 4.90 Å². The normalized spacial score (nSPS) is 21.6. The summed E-state index contributed by atoms with van der Waals surface area (Å²) >= 11 is 0. The molecular formula is C18H25N3O5S. The fraction of sp³-hybridized carbons (Fsp3) is 0.556. The minimum atomic E-state index is -3.20. The van der Waals surface area contributed by atoms with E-state index in [4.69, 9.17) is 4.74 Å². The fourth-order valence-electron chi connectivity index (χ4n) is 3.58. The quantitative estimate of drug-likeness (QED) is 0.682. The summed E-state index contributed by atoms with van der Waals surface area (Å²) in [5.41, 5.74) is 1.63. The number of nitrogens with zero attached hydrogens (tertiary/aromatic N) is 3. The van der Waals surface area contributed by atoms with Gasteiger partial charge in [-0.05, 0) is 19.1 Å². The van der Waals surface area contributed by atoms with E-state index in [1.54, 1.807) is 11.8 Å². The predicted molar refractivity (Wildman–Crippen MR) is 102 cm³/mol. The highest BCUT2D eigenvalue weighted by Crippen LogP contribution is 2.34. The molecule has 0 spiro atoms. The number of hydrogen-bond acceptors (Lipinski definition) is 6. The van der Waals surface area contributed by atoms with Crippen molar-refractivity contribution >= 4 is 33.3 Å². The van der Waals surface area contributed by atoms with E-state index in [-0.39, 0.29) is 18.3 Å². The Morgan fingerprint density at radius 1 is 1.15 bits per heavy atom. The summed E-state index contributed by atoms with van der Waals surface area (Å²) in [6.45, 7) is 4.26. The molecule has 0 saturated carbocycles. The average molecular weight is 395 g/mol. The highest BCUT2D eigenvalue weighted by atomic mass is 32.2. The number of amides is 1. The van der Waals surface area contributed by atoms with E-state index in [1.807, 2.05) is 24.3 Å². The van der Waals surface area contributed by atoms with E-state index >= 15 is 0 Å². The maximum absolute atomic E-state index is 12.5. The molecule has 148 valence electrons. The van der Waals surface area contributed by atoms with Gasteiger partial charge in [-0.1, -0.05) is 12.1 Å². The Balaban J connectivity index is 1.77. The summed E-state index contributed by atoms with van der Waals surface area (Å²) in [7, 11) is -3.20. The number of piperazine rings is 1. The molecular weight excluding hydrogens is 370 g/mol. The number of anilines is 2. The smallest absolute Gasteiger partial charge is 0.311 e. The first kappa shape index (κ1) is 19.6. The van der Waals surface area contributed by atoms with Crippen molar-refractivity contribution in [1.29, 1.82) is 0 Å². The van der Waals surface area contributed by atoms with Crippen LogP contribution in [0.5, 0.6) is 0 Å². The molecule has 1 atom stereocenters. The summed E-state index contributed by atoms with van der Waals surface area (Å²) in [5, 5.41) is 0. The topological polar surface area (TPSA) is 87.2 Å². The van der Waals surface area contributed by atoms with Crippen molar-refractivity contribution < 1.29 is 22.7 Å². The summed E-state index contributed by atoms with van der Waals surface area (Å²) in [4.78, 5) is 28.3. The van der Waals surface area contributed by atoms with Crippen LogP contribution in [0, 0.1) is 5.92 Å². The number of benzene rings is 1. The van der Waals surface area contributed by atoms with Crippen molar-refractivity contribution in [3.05, 3.63) is 24.3 Å². The van der Waals surface area contributed by atoms with Crippen molar-refractivity contribution in [2.45, 2.75) is 13.3 Å². The van der Waals surface area contributed by atoms with Crippen molar-refractivity contribution in [3.63, 3.8) is 0 Å². The van der Waals surface area contributed by atoms with Gasteiger partial charge in [0.25, 0.3) is 0 Å². The second-order valence-corrected chi connectivity index (χ2v) is 8.78. The first-order valence-electron chi connectivity index (χ1n) is 9.07. The van der Waals surface area contributed by atoms with Crippen LogP contribution < -0.4 is 9.80 Å². The highest BCUT2D eigenvalue weighted by molar-refractivity contribution is 7.88. The molecule has 1 amide bonds. The van der Waals surface area contributed by atoms with Gasteiger partial charge in [0.15, 0.2) is 0 Å². The Morgan fingerprint density at radius 3 is 2.37 bits per heavy atom. The number of sulfonamides is 1. The molecule has 2 heterocycles. The van der Waals surface area contributed by atoms with Gasteiger partial charge in [-0.15, -0.1) is 0 Å². The molecule has 9 heteroatoms. The van der Waals surface area contributed by atoms with Crippen molar-refractivity contribution in [2.75, 3.05) is 55.4 Å². The van der Waals surface area contributed by atoms with Gasteiger partial charge >= 0.3 is 5.97 Å². The zero-order valence-corrected chi connectivity index (χ0v) is 16.4. The van der Waals surface area contributed by atoms with Crippen LogP contribution in [0.1, 0.15) is 13.3 Å². The van der Waals surface area contributed by atoms with E-state index in [9.17, 15) is 18.0 Å². The van der Waals surface area contributed by atoms with E-state index < -0.39 is 15.9 Å². The fourth-order valence-corrected chi connectivity index (χ4v) is 4.41. The number of para-hydroxylation sites is 2. The molecule has 0 radical (unpaired) electrons. The van der Waals surface area contributed by atoms with Crippen LogP contribution in [-0.2, 0) is 24.3 Å². The average Bonchev–Trinajstić information content (AvgIpc) is 3.03. The molecule has 2 aliphatic rings. The summed E-state index contributed by atoms with van der Waals surface area (Å²) in [6.07, 6.45) is 1.37. The molecule has 0 bridgehead atoms. The third-order valence-electron chi connectivity index (χ3n) is 4.97. The number of esters is 1. The summed E-state index contributed by atoms with van der Waals surface area (Å²) in [6, 6.07) is 7.54. The third kappa shape index (κ3) is 4.24. The Kier molecular flexibility index (Phi) is 5.71. The molecule has 1 unspecified atom stereocenters. The molecule has 0 aromatic heterocycles. The Morgan fingerprint density at radius 2 is 1.78 bits per heavy atom. The summed E-state index contributed by atoms with van der Waals surface area (Å²) < 4.78 is 29.9. The summed E-state index contributed by atoms with van der Waals surface area (Å²) in [5.74, 6) is -0.893. The molecule has 2 aliphatic heterocycles. The number of ether oxygens (including phenoxy) is 1. The SMILES string of the molecule is CCOC(=O)C1CC(=O)N(c2ccccc2N2CCN(S(C)(=O)=O)CC2)C1. The van der Waals surface area contributed by atoms with Crippen LogP contribution in [0.25, 0.3) is 0 Å². The van der Waals surface area contributed by atoms with Crippen molar-refractivity contribution in [1.82, 2.24) is 4.31 Å². The first-order valence-corrected chi connectivity index (χ1v) is 10.9. The number of carbonyl (C=O) groups excluding carboxylic acids is 2. The van der Waals surface area contributed by atoms with E-state index in [1.165, 1.54) is 10.6 Å². The largest absolute Gasteiger partial charge is 0.466 e. The van der Waals surface area contributed by atoms with Crippen LogP contribution in [-0.4, -0.2) is 70.2 Å². The van der Waals surface area contributed by atoms with Crippen LogP contribution in [0.4, 0.5) is 11.4 Å². The van der Waals surface area contributed by atoms with Gasteiger partial charge in [-0.3, -0.25) is 9.59 Å². The number of rotatable bonds is 5. The minimum Gasteiger partial charge on any atom is -0.466 e. The minimum absolute atomic E-state index is 0.102. The van der Waals surface area contributed by atoms with Gasteiger partial charge in [0.05, 0.1) is 30.2 Å². The maximum Gasteiger partial charge on any atom is 0.311 e. The maximum atomic E-state index is 12.5. The second kappa shape index (κ2) is 7.85. The van der Waals surface area contributed by atoms with Crippen LogP contribution in [0.2, 0.25) is 0 Å². The van der Waals surface area contributed by atoms with Crippen molar-refractivity contribution in [2.24, 2.45) is 5.92 Å². The molecule has 27 heavy (non-hydrogen) atoms. The lowest BCUT2D eigenvalue weighted by molar-refractivity contribution is -0.147. The van der Waals surface area contributed by atoms with Crippen LogP contribution in [0.15, 0.2) is 24.3 Å². The lowest BCUT2D eigenvalue weighted by atomic mass is 10.1. The molecule has 1 aromatic carbocycles. The second-order valence-electron chi connectivity index (χ2n) is 6.80. The molecule has 2 saturated heterocycles. The van der Waals surface area contributed by atoms with E-state index in [0.717, 1.165) is 11.4 Å². The monoisotopic (exact) mass is 395 g/mol. The van der Waals surface area contributed by atoms with Gasteiger partial charge < -0.3 is 14.5 Å². The zero-order valence-electron chi connectivity index (χ0n) is 15.6. The third-order valence-corrected chi connectivity index (χ3v) is 6.27. The molecule has 1 aromatic rings. The molecule has 0 N–H and O–H groups in total. The van der Waals surface area contributed by atoms with Gasteiger partial charge in [-0.25, -0.2) is 8.42 Å². The highest BCUT2D eigenvalue weighted by Gasteiger charge is 2.37. The van der Waals surface area contributed by atoms with Gasteiger partial charge in [0, 0.05) is 39.1 Å². The van der Waals surface area contributed by atoms with Gasteiger partial charge in [0.1, 0.15) is 0 Å². The zero-order chi connectivity index (χ0) is 19.6. The van der Waals surface area contributed by atoms with Gasteiger partial charge in [-0.2, -0.15) is 4.31 Å². The molecule has 3 rings (SSSR count). The number of carbonyl (C=O) groups is 2. The molecule has 0 aliphatic carbocycles. The van der Waals surface area contributed by atoms with Crippen LogP contribution >= 0.6 is 0 Å². The lowest BCUT2D eigenvalue weighted by Gasteiger charge is -2.36. The standard InChI is InChI=1S/C18H25N3O5S/c1-3-26-18(23)14-12-17(22)21(13-14)16-7-5-4-6-15(16)19-8-10-20(11-9-19)27(2,24)25/h4-7,14H,3,8-13H2,1-2H3. The van der Waals surface area contributed by atoms with Gasteiger partial charge in [0.2, 0.25) is 15.9 Å². The molecule has 2 fully saturated rings. The predicted octanol–water partition coefficient (Wildman–Crippen LogP) is 0.684. The Labute approximate surface area is 159 Å². The Hall–Kier alpha value is -2.13.